The van der Waals surface area contributed by atoms with Gasteiger partial charge < -0.3 is 5.32 Å². The maximum Gasteiger partial charge on any atom is 0.221 e. The molecule has 0 aliphatic carbocycles. The number of nitrogens with one attached hydrogen (secondary N) is 1. The topological polar surface area (TPSA) is 29.1 Å². The molecule has 0 spiro atoms. The Morgan fingerprint density at radius 2 is 1.43 bits per heavy atom. The van der Waals surface area contributed by atoms with Crippen LogP contribution in [0.3, 0.4) is 0 Å². The molecule has 0 aliphatic heterocycles. The first-order valence-electron chi connectivity index (χ1n) is 10.0. The largest absolute Gasteiger partial charge is 0.349 e. The molecule has 0 unspecified atom stereocenters. The van der Waals surface area contributed by atoms with E-state index in [-0.39, 0.29) is 17.9 Å². The van der Waals surface area contributed by atoms with Crippen molar-refractivity contribution in [2.24, 2.45) is 0 Å². The molecule has 1 N–H and O–H groups in total. The zero-order valence-electron chi connectivity index (χ0n) is 17.0. The van der Waals surface area contributed by atoms with Gasteiger partial charge in [-0.3, -0.25) is 4.79 Å². The van der Waals surface area contributed by atoms with Crippen LogP contribution in [0.4, 0.5) is 0 Å². The normalized spacial score (nSPS) is 12.0. The molecule has 3 aromatic rings. The number of amides is 1. The van der Waals surface area contributed by atoms with Crippen LogP contribution >= 0.6 is 0 Å². The molecule has 0 saturated carbocycles. The van der Waals surface area contributed by atoms with Gasteiger partial charge in [0.2, 0.25) is 5.91 Å². The molecular weight excluding hydrogens is 342 g/mol. The highest BCUT2D eigenvalue weighted by Gasteiger charge is 2.21. The first-order chi connectivity index (χ1) is 13.6. The van der Waals surface area contributed by atoms with Crippen LogP contribution in [0.2, 0.25) is 0 Å². The van der Waals surface area contributed by atoms with Crippen molar-refractivity contribution in [3.8, 4) is 0 Å². The van der Waals surface area contributed by atoms with E-state index in [1.165, 1.54) is 27.8 Å². The van der Waals surface area contributed by atoms with Crippen LogP contribution in [0.25, 0.3) is 0 Å². The smallest absolute Gasteiger partial charge is 0.221 e. The van der Waals surface area contributed by atoms with Crippen molar-refractivity contribution in [2.75, 3.05) is 0 Å². The molecular formula is C26H29NO. The second-order valence-corrected chi connectivity index (χ2v) is 7.47. The van der Waals surface area contributed by atoms with E-state index in [1.807, 2.05) is 36.4 Å². The molecule has 1 atom stereocenters. The maximum atomic E-state index is 13.0. The molecule has 1 amide bonds. The predicted molar refractivity (Wildman–Crippen MR) is 116 cm³/mol. The zero-order chi connectivity index (χ0) is 19.9. The molecule has 0 radical (unpaired) electrons. The average molecular weight is 372 g/mol. The lowest BCUT2D eigenvalue weighted by atomic mass is 9.88. The summed E-state index contributed by atoms with van der Waals surface area (Å²) in [7, 11) is 0. The molecule has 0 bridgehead atoms. The van der Waals surface area contributed by atoms with Crippen molar-refractivity contribution in [1.82, 2.24) is 5.32 Å². The number of benzene rings is 3. The third-order valence-corrected chi connectivity index (χ3v) is 5.34. The van der Waals surface area contributed by atoms with Crippen LogP contribution < -0.4 is 5.32 Å². The number of carbonyl (C=O) groups is 1. The number of carbonyl (C=O) groups excluding carboxylic acids is 1. The summed E-state index contributed by atoms with van der Waals surface area (Å²) in [5.74, 6) is 0.142. The standard InChI is InChI=1S/C26H29NO/c1-4-25(23-16-15-19(2)17-20(23)3)27-26(28)18-24(21-11-7-5-8-12-21)22-13-9-6-10-14-22/h5-17,24-25H,4,18H2,1-3H3,(H,27,28)/t25-/m0/s1. The fourth-order valence-corrected chi connectivity index (χ4v) is 3.85. The van der Waals surface area contributed by atoms with Gasteiger partial charge in [-0.2, -0.15) is 0 Å². The van der Waals surface area contributed by atoms with Gasteiger partial charge in [0.05, 0.1) is 6.04 Å². The van der Waals surface area contributed by atoms with Crippen molar-refractivity contribution in [1.29, 1.82) is 0 Å². The summed E-state index contributed by atoms with van der Waals surface area (Å²) in [4.78, 5) is 13.0. The van der Waals surface area contributed by atoms with Crippen molar-refractivity contribution >= 4 is 5.91 Å². The fourth-order valence-electron chi connectivity index (χ4n) is 3.85. The maximum absolute atomic E-state index is 13.0. The van der Waals surface area contributed by atoms with Crippen molar-refractivity contribution in [2.45, 2.75) is 45.6 Å². The van der Waals surface area contributed by atoms with Gasteiger partial charge in [0.15, 0.2) is 0 Å². The van der Waals surface area contributed by atoms with E-state index in [2.05, 4.69) is 68.6 Å². The van der Waals surface area contributed by atoms with Crippen molar-refractivity contribution in [3.05, 3.63) is 107 Å². The Balaban J connectivity index is 1.80. The van der Waals surface area contributed by atoms with Gasteiger partial charge in [0.1, 0.15) is 0 Å². The number of rotatable bonds is 7. The molecule has 144 valence electrons. The van der Waals surface area contributed by atoms with E-state index in [9.17, 15) is 4.79 Å². The summed E-state index contributed by atoms with van der Waals surface area (Å²) < 4.78 is 0. The predicted octanol–water partition coefficient (Wildman–Crippen LogP) is 6.09. The molecule has 0 saturated heterocycles. The number of hydrogen-bond donors (Lipinski definition) is 1. The molecule has 3 aromatic carbocycles. The summed E-state index contributed by atoms with van der Waals surface area (Å²) in [6, 6.07) is 27.1. The summed E-state index contributed by atoms with van der Waals surface area (Å²) >= 11 is 0. The van der Waals surface area contributed by atoms with Gasteiger partial charge in [0, 0.05) is 12.3 Å². The minimum Gasteiger partial charge on any atom is -0.349 e. The molecule has 0 aromatic heterocycles. The van der Waals surface area contributed by atoms with Gasteiger partial charge in [-0.05, 0) is 42.5 Å². The fraction of sp³-hybridized carbons (Fsp3) is 0.269. The average Bonchev–Trinajstić information content (AvgIpc) is 2.72. The number of hydrogen-bond acceptors (Lipinski definition) is 1. The van der Waals surface area contributed by atoms with Crippen molar-refractivity contribution < 1.29 is 4.79 Å². The third kappa shape index (κ3) is 4.89. The summed E-state index contributed by atoms with van der Waals surface area (Å²) in [6.45, 7) is 6.34. The highest BCUT2D eigenvalue weighted by Crippen LogP contribution is 2.29. The van der Waals surface area contributed by atoms with Crippen LogP contribution in [0.15, 0.2) is 78.9 Å². The second-order valence-electron chi connectivity index (χ2n) is 7.47. The Labute approximate surface area is 168 Å². The molecule has 0 fully saturated rings. The molecule has 3 rings (SSSR count). The summed E-state index contributed by atoms with van der Waals surface area (Å²) in [5, 5.41) is 3.27. The van der Waals surface area contributed by atoms with E-state index in [4.69, 9.17) is 0 Å². The molecule has 0 heterocycles. The highest BCUT2D eigenvalue weighted by atomic mass is 16.1. The molecule has 28 heavy (non-hydrogen) atoms. The van der Waals surface area contributed by atoms with E-state index < -0.39 is 0 Å². The number of aryl methyl sites for hydroxylation is 2. The lowest BCUT2D eigenvalue weighted by Crippen LogP contribution is -2.30. The zero-order valence-corrected chi connectivity index (χ0v) is 17.0. The quantitative estimate of drug-likeness (QED) is 0.535. The van der Waals surface area contributed by atoms with Gasteiger partial charge in [-0.25, -0.2) is 0 Å². The first-order valence-corrected chi connectivity index (χ1v) is 10.0. The Morgan fingerprint density at radius 1 is 0.857 bits per heavy atom. The third-order valence-electron chi connectivity index (χ3n) is 5.34. The monoisotopic (exact) mass is 371 g/mol. The summed E-state index contributed by atoms with van der Waals surface area (Å²) in [5.41, 5.74) is 6.02. The van der Waals surface area contributed by atoms with Crippen LogP contribution in [0, 0.1) is 13.8 Å². The van der Waals surface area contributed by atoms with Crippen LogP contribution in [0.1, 0.15) is 59.5 Å². The Hall–Kier alpha value is -2.87. The Kier molecular flexibility index (Phi) is 6.65. The molecule has 0 aliphatic rings. The van der Waals surface area contributed by atoms with E-state index in [0.29, 0.717) is 6.42 Å². The summed E-state index contributed by atoms with van der Waals surface area (Å²) in [6.07, 6.45) is 1.31. The second kappa shape index (κ2) is 9.36. The van der Waals surface area contributed by atoms with Gasteiger partial charge in [-0.15, -0.1) is 0 Å². The minimum absolute atomic E-state index is 0.0419. The van der Waals surface area contributed by atoms with E-state index in [1.54, 1.807) is 0 Å². The Bertz CT molecular complexity index is 863. The van der Waals surface area contributed by atoms with Gasteiger partial charge >= 0.3 is 0 Å². The van der Waals surface area contributed by atoms with Crippen LogP contribution in [0.5, 0.6) is 0 Å². The minimum atomic E-state index is 0.0419. The molecule has 2 heteroatoms. The van der Waals surface area contributed by atoms with E-state index >= 15 is 0 Å². The SMILES string of the molecule is CC[C@H](NC(=O)CC(c1ccccc1)c1ccccc1)c1ccc(C)cc1C. The van der Waals surface area contributed by atoms with Gasteiger partial charge in [0.25, 0.3) is 0 Å². The van der Waals surface area contributed by atoms with Gasteiger partial charge in [-0.1, -0.05) is 91.3 Å². The Morgan fingerprint density at radius 3 is 1.93 bits per heavy atom. The first kappa shape index (κ1) is 19.9. The lowest BCUT2D eigenvalue weighted by Gasteiger charge is -2.23. The lowest BCUT2D eigenvalue weighted by molar-refractivity contribution is -0.122. The molecule has 2 nitrogen and oxygen atoms in total. The van der Waals surface area contributed by atoms with Crippen molar-refractivity contribution in [3.63, 3.8) is 0 Å². The van der Waals surface area contributed by atoms with E-state index in [0.717, 1.165) is 6.42 Å². The van der Waals surface area contributed by atoms with Crippen LogP contribution in [-0.2, 0) is 4.79 Å². The van der Waals surface area contributed by atoms with Crippen LogP contribution in [-0.4, -0.2) is 5.91 Å². The highest BCUT2D eigenvalue weighted by molar-refractivity contribution is 5.78.